The molecule has 0 aliphatic carbocycles. The molecule has 2 unspecified atom stereocenters. The van der Waals surface area contributed by atoms with Crippen molar-refractivity contribution >= 4 is 17.5 Å². The van der Waals surface area contributed by atoms with E-state index in [0.29, 0.717) is 24.1 Å². The molecule has 2 amide bonds. The molecular weight excluding hydrogens is 273 g/mol. The van der Waals surface area contributed by atoms with Gasteiger partial charge in [-0.05, 0) is 44.4 Å². The largest absolute Gasteiger partial charge is 0.399 e. The van der Waals surface area contributed by atoms with Crippen molar-refractivity contribution in [2.24, 2.45) is 11.7 Å². The van der Waals surface area contributed by atoms with Crippen LogP contribution in [0.3, 0.4) is 0 Å². The van der Waals surface area contributed by atoms with Gasteiger partial charge in [0.25, 0.3) is 5.91 Å². The lowest BCUT2D eigenvalue weighted by Crippen LogP contribution is -2.48. The number of benzene rings is 1. The standard InChI is InChI=1S/C15H20FN3O2/c1-8-5-11(17)6-12(13(8)16)15(21)19-7-10(14(18)20)4-3-9(19)2/h5-6,9-10H,3-4,7,17H2,1-2H3,(H2,18,20). The summed E-state index contributed by atoms with van der Waals surface area (Å²) in [4.78, 5) is 25.4. The van der Waals surface area contributed by atoms with Crippen molar-refractivity contribution in [3.63, 3.8) is 0 Å². The lowest BCUT2D eigenvalue weighted by atomic mass is 9.92. The number of amides is 2. The lowest BCUT2D eigenvalue weighted by molar-refractivity contribution is -0.123. The minimum atomic E-state index is -0.567. The number of hydrogen-bond acceptors (Lipinski definition) is 3. The van der Waals surface area contributed by atoms with E-state index in [1.807, 2.05) is 6.92 Å². The van der Waals surface area contributed by atoms with Gasteiger partial charge in [-0.2, -0.15) is 0 Å². The number of piperidine rings is 1. The molecule has 1 heterocycles. The highest BCUT2D eigenvalue weighted by atomic mass is 19.1. The third-order valence-electron chi connectivity index (χ3n) is 4.05. The maximum absolute atomic E-state index is 14.2. The van der Waals surface area contributed by atoms with Gasteiger partial charge in [-0.1, -0.05) is 0 Å². The van der Waals surface area contributed by atoms with E-state index >= 15 is 0 Å². The fourth-order valence-electron chi connectivity index (χ4n) is 2.73. The fourth-order valence-corrected chi connectivity index (χ4v) is 2.73. The number of carbonyl (C=O) groups excluding carboxylic acids is 2. The Hall–Kier alpha value is -2.11. The molecule has 0 aromatic heterocycles. The molecule has 2 atom stereocenters. The Bertz CT molecular complexity index is 589. The van der Waals surface area contributed by atoms with Crippen LogP contribution in [0.15, 0.2) is 12.1 Å². The predicted molar refractivity (Wildman–Crippen MR) is 78.0 cm³/mol. The normalized spacial score (nSPS) is 22.1. The number of nitrogens with zero attached hydrogens (tertiary/aromatic N) is 1. The van der Waals surface area contributed by atoms with Crippen LogP contribution in [0.1, 0.15) is 35.7 Å². The van der Waals surface area contributed by atoms with E-state index in [0.717, 1.165) is 0 Å². The van der Waals surface area contributed by atoms with Gasteiger partial charge in [0, 0.05) is 18.3 Å². The van der Waals surface area contributed by atoms with E-state index in [2.05, 4.69) is 0 Å². The second-order valence-electron chi connectivity index (χ2n) is 5.68. The molecule has 21 heavy (non-hydrogen) atoms. The summed E-state index contributed by atoms with van der Waals surface area (Å²) in [5.74, 6) is -1.82. The number of primary amides is 1. The molecule has 1 aliphatic rings. The zero-order valence-electron chi connectivity index (χ0n) is 12.2. The second-order valence-corrected chi connectivity index (χ2v) is 5.68. The summed E-state index contributed by atoms with van der Waals surface area (Å²) in [6, 6.07) is 2.76. The molecule has 0 radical (unpaired) electrons. The van der Waals surface area contributed by atoms with Crippen LogP contribution in [-0.4, -0.2) is 29.3 Å². The minimum absolute atomic E-state index is 0.0514. The zero-order valence-corrected chi connectivity index (χ0v) is 12.2. The first-order valence-electron chi connectivity index (χ1n) is 6.97. The van der Waals surface area contributed by atoms with Crippen molar-refractivity contribution in [3.05, 3.63) is 29.1 Å². The van der Waals surface area contributed by atoms with E-state index in [-0.39, 0.29) is 24.1 Å². The first-order valence-corrected chi connectivity index (χ1v) is 6.97. The molecule has 1 saturated heterocycles. The van der Waals surface area contributed by atoms with Gasteiger partial charge in [-0.15, -0.1) is 0 Å². The summed E-state index contributed by atoms with van der Waals surface area (Å²) >= 11 is 0. The SMILES string of the molecule is Cc1cc(N)cc(C(=O)N2CC(C(N)=O)CCC2C)c1F. The fraction of sp³-hybridized carbons (Fsp3) is 0.467. The first-order chi connectivity index (χ1) is 9.81. The van der Waals surface area contributed by atoms with Gasteiger partial charge in [-0.25, -0.2) is 4.39 Å². The van der Waals surface area contributed by atoms with Crippen LogP contribution in [0.5, 0.6) is 0 Å². The monoisotopic (exact) mass is 293 g/mol. The van der Waals surface area contributed by atoms with Crippen LogP contribution in [0.4, 0.5) is 10.1 Å². The lowest BCUT2D eigenvalue weighted by Gasteiger charge is -2.37. The molecule has 1 fully saturated rings. The van der Waals surface area contributed by atoms with Crippen molar-refractivity contribution < 1.29 is 14.0 Å². The zero-order chi connectivity index (χ0) is 15.7. The molecule has 5 nitrogen and oxygen atoms in total. The van der Waals surface area contributed by atoms with E-state index in [4.69, 9.17) is 11.5 Å². The van der Waals surface area contributed by atoms with Crippen LogP contribution in [0.25, 0.3) is 0 Å². The number of nitrogens with two attached hydrogens (primary N) is 2. The molecule has 4 N–H and O–H groups in total. The van der Waals surface area contributed by atoms with Crippen LogP contribution < -0.4 is 11.5 Å². The summed E-state index contributed by atoms with van der Waals surface area (Å²) < 4.78 is 14.2. The molecule has 0 saturated carbocycles. The Morgan fingerprint density at radius 3 is 2.62 bits per heavy atom. The number of rotatable bonds is 2. The molecule has 0 bridgehead atoms. The maximum Gasteiger partial charge on any atom is 0.257 e. The number of hydrogen-bond donors (Lipinski definition) is 2. The van der Waals surface area contributed by atoms with E-state index in [9.17, 15) is 14.0 Å². The Morgan fingerprint density at radius 1 is 1.33 bits per heavy atom. The van der Waals surface area contributed by atoms with Crippen LogP contribution >= 0.6 is 0 Å². The molecule has 0 spiro atoms. The molecular formula is C15H20FN3O2. The summed E-state index contributed by atoms with van der Waals surface area (Å²) in [5.41, 5.74) is 11.6. The van der Waals surface area contributed by atoms with Crippen LogP contribution in [0, 0.1) is 18.7 Å². The van der Waals surface area contributed by atoms with Crippen molar-refractivity contribution in [1.82, 2.24) is 4.90 Å². The van der Waals surface area contributed by atoms with Gasteiger partial charge in [0.15, 0.2) is 0 Å². The van der Waals surface area contributed by atoms with Gasteiger partial charge < -0.3 is 16.4 Å². The molecule has 1 aliphatic heterocycles. The average molecular weight is 293 g/mol. The summed E-state index contributed by atoms with van der Waals surface area (Å²) in [5, 5.41) is 0. The number of halogens is 1. The molecule has 114 valence electrons. The van der Waals surface area contributed by atoms with E-state index in [1.54, 1.807) is 6.92 Å². The van der Waals surface area contributed by atoms with Gasteiger partial charge in [0.2, 0.25) is 5.91 Å². The van der Waals surface area contributed by atoms with Gasteiger partial charge >= 0.3 is 0 Å². The second kappa shape index (κ2) is 5.71. The Morgan fingerprint density at radius 2 is 2.00 bits per heavy atom. The Balaban J connectivity index is 2.32. The highest BCUT2D eigenvalue weighted by Gasteiger charge is 2.33. The van der Waals surface area contributed by atoms with Crippen LogP contribution in [-0.2, 0) is 4.79 Å². The summed E-state index contributed by atoms with van der Waals surface area (Å²) in [6.07, 6.45) is 1.32. The first kappa shape index (κ1) is 15.3. The number of anilines is 1. The van der Waals surface area contributed by atoms with E-state index in [1.165, 1.54) is 17.0 Å². The predicted octanol–water partition coefficient (Wildman–Crippen LogP) is 1.44. The van der Waals surface area contributed by atoms with Gasteiger partial charge in [0.05, 0.1) is 11.5 Å². The van der Waals surface area contributed by atoms with E-state index < -0.39 is 17.6 Å². The van der Waals surface area contributed by atoms with Crippen molar-refractivity contribution in [3.8, 4) is 0 Å². The summed E-state index contributed by atoms with van der Waals surface area (Å²) in [7, 11) is 0. The smallest absolute Gasteiger partial charge is 0.257 e. The average Bonchev–Trinajstić information content (AvgIpc) is 2.42. The Labute approximate surface area is 123 Å². The molecule has 2 rings (SSSR count). The van der Waals surface area contributed by atoms with Crippen molar-refractivity contribution in [2.75, 3.05) is 12.3 Å². The number of carbonyl (C=O) groups is 2. The number of aryl methyl sites for hydroxylation is 1. The number of likely N-dealkylation sites (tertiary alicyclic amines) is 1. The highest BCUT2D eigenvalue weighted by molar-refractivity contribution is 5.96. The van der Waals surface area contributed by atoms with Gasteiger partial charge in [-0.3, -0.25) is 9.59 Å². The topological polar surface area (TPSA) is 89.4 Å². The third-order valence-corrected chi connectivity index (χ3v) is 4.05. The molecule has 1 aromatic rings. The molecule has 6 heteroatoms. The summed E-state index contributed by atoms with van der Waals surface area (Å²) in [6.45, 7) is 3.67. The maximum atomic E-state index is 14.2. The van der Waals surface area contributed by atoms with Crippen molar-refractivity contribution in [1.29, 1.82) is 0 Å². The van der Waals surface area contributed by atoms with Crippen LogP contribution in [0.2, 0.25) is 0 Å². The highest BCUT2D eigenvalue weighted by Crippen LogP contribution is 2.26. The minimum Gasteiger partial charge on any atom is -0.399 e. The van der Waals surface area contributed by atoms with Crippen molar-refractivity contribution in [2.45, 2.75) is 32.7 Å². The number of nitrogen functional groups attached to an aromatic ring is 1. The molecule has 1 aromatic carbocycles. The Kier molecular flexibility index (Phi) is 4.16. The van der Waals surface area contributed by atoms with Gasteiger partial charge in [0.1, 0.15) is 5.82 Å². The quantitative estimate of drug-likeness (QED) is 0.809. The third kappa shape index (κ3) is 2.99.